The van der Waals surface area contributed by atoms with Crippen LogP contribution in [0.25, 0.3) is 27.7 Å². The van der Waals surface area contributed by atoms with Crippen LogP contribution in [0.5, 0.6) is 0 Å². The van der Waals surface area contributed by atoms with Crippen LogP contribution < -0.4 is 15.8 Å². The molecule has 220 valence electrons. The maximum Gasteiger partial charge on any atom is 0.263 e. The van der Waals surface area contributed by atoms with Crippen molar-refractivity contribution >= 4 is 49.6 Å². The van der Waals surface area contributed by atoms with Gasteiger partial charge >= 0.3 is 0 Å². The fourth-order valence-corrected chi connectivity index (χ4v) is 7.03. The maximum absolute atomic E-state index is 15.6. The number of halogens is 3. The maximum atomic E-state index is 15.6. The van der Waals surface area contributed by atoms with Gasteiger partial charge < -0.3 is 15.8 Å². The van der Waals surface area contributed by atoms with E-state index in [1.54, 1.807) is 16.9 Å². The standard InChI is InChI=1S/C29H29ClF2N6O3S/c1-2-38-28-20(16-7-9-17(10-8-16)35-18-14-41-15-18)13-34-29(33)26(28)27(36-38)19-11-23(32)24(12-22(19)31)37-42(39,40)25-6-4-3-5-21(25)30/h3-7,11-13,17-18,35,37H,2,8-10,14-15H2,1H3,(H2,33,34)/t17-/m0/s1. The first-order valence-corrected chi connectivity index (χ1v) is 15.5. The van der Waals surface area contributed by atoms with Gasteiger partial charge in [0.25, 0.3) is 10.0 Å². The Morgan fingerprint density at radius 2 is 1.93 bits per heavy atom. The monoisotopic (exact) mass is 614 g/mol. The summed E-state index contributed by atoms with van der Waals surface area (Å²) in [6.07, 6.45) is 6.47. The van der Waals surface area contributed by atoms with Crippen molar-refractivity contribution in [3.63, 3.8) is 0 Å². The number of nitrogens with zero attached hydrogens (tertiary/aromatic N) is 3. The molecule has 9 nitrogen and oxygen atoms in total. The Kier molecular flexibility index (Phi) is 7.64. The largest absolute Gasteiger partial charge is 0.383 e. The van der Waals surface area contributed by atoms with E-state index in [4.69, 9.17) is 22.1 Å². The normalized spacial score (nSPS) is 17.7. The lowest BCUT2D eigenvalue weighted by molar-refractivity contribution is -0.0103. The third kappa shape index (κ3) is 5.24. The van der Waals surface area contributed by atoms with E-state index < -0.39 is 27.3 Å². The van der Waals surface area contributed by atoms with Gasteiger partial charge in [-0.15, -0.1) is 0 Å². The quantitative estimate of drug-likeness (QED) is 0.244. The number of allylic oxidation sites excluding steroid dienone is 1. The second-order valence-corrected chi connectivity index (χ2v) is 12.5. The van der Waals surface area contributed by atoms with Crippen molar-refractivity contribution in [2.24, 2.45) is 0 Å². The van der Waals surface area contributed by atoms with Crippen LogP contribution in [0.15, 0.2) is 53.6 Å². The number of sulfonamides is 1. The van der Waals surface area contributed by atoms with E-state index in [-0.39, 0.29) is 27.0 Å². The number of ether oxygens (including phenoxy) is 1. The van der Waals surface area contributed by atoms with E-state index in [2.05, 4.69) is 26.2 Å². The van der Waals surface area contributed by atoms with Crippen LogP contribution in [-0.2, 0) is 21.3 Å². The fraction of sp³-hybridized carbons (Fsp3) is 0.310. The molecule has 0 unspecified atom stereocenters. The molecule has 2 aliphatic rings. The van der Waals surface area contributed by atoms with Crippen molar-refractivity contribution < 1.29 is 21.9 Å². The first kappa shape index (κ1) is 28.5. The average Bonchev–Trinajstić information content (AvgIpc) is 3.34. The van der Waals surface area contributed by atoms with Crippen LogP contribution >= 0.6 is 11.6 Å². The van der Waals surface area contributed by atoms with Gasteiger partial charge in [0.2, 0.25) is 0 Å². The van der Waals surface area contributed by atoms with Crippen molar-refractivity contribution in [1.29, 1.82) is 0 Å². The Labute approximate surface area is 246 Å². The zero-order valence-corrected chi connectivity index (χ0v) is 24.3. The molecule has 0 saturated carbocycles. The van der Waals surface area contributed by atoms with Crippen molar-refractivity contribution in [3.8, 4) is 11.3 Å². The zero-order chi connectivity index (χ0) is 29.6. The minimum absolute atomic E-state index is 0.0503. The number of aryl methyl sites for hydroxylation is 1. The third-order valence-electron chi connectivity index (χ3n) is 7.64. The van der Waals surface area contributed by atoms with Gasteiger partial charge in [-0.25, -0.2) is 22.2 Å². The summed E-state index contributed by atoms with van der Waals surface area (Å²) in [6.45, 7) is 3.82. The Balaban J connectivity index is 1.37. The van der Waals surface area contributed by atoms with Crippen LogP contribution in [0.3, 0.4) is 0 Å². The summed E-state index contributed by atoms with van der Waals surface area (Å²) in [5.74, 6) is -1.74. The first-order valence-electron chi connectivity index (χ1n) is 13.6. The lowest BCUT2D eigenvalue weighted by Gasteiger charge is -2.33. The molecular formula is C29H29ClF2N6O3S. The molecule has 0 radical (unpaired) electrons. The number of aromatic nitrogens is 3. The zero-order valence-electron chi connectivity index (χ0n) is 22.7. The highest BCUT2D eigenvalue weighted by Gasteiger charge is 2.27. The molecule has 3 heterocycles. The summed E-state index contributed by atoms with van der Waals surface area (Å²) in [7, 11) is -4.28. The van der Waals surface area contributed by atoms with Gasteiger partial charge in [0, 0.05) is 36.0 Å². The van der Waals surface area contributed by atoms with Crippen LogP contribution in [0.4, 0.5) is 20.3 Å². The molecule has 4 aromatic rings. The van der Waals surface area contributed by atoms with Gasteiger partial charge in [-0.2, -0.15) is 5.10 Å². The highest BCUT2D eigenvalue weighted by molar-refractivity contribution is 7.92. The fourth-order valence-electron chi connectivity index (χ4n) is 5.45. The number of anilines is 2. The second kappa shape index (κ2) is 11.3. The summed E-state index contributed by atoms with van der Waals surface area (Å²) < 4.78 is 65.7. The predicted octanol–water partition coefficient (Wildman–Crippen LogP) is 5.36. The predicted molar refractivity (Wildman–Crippen MR) is 159 cm³/mol. The number of nitrogens with one attached hydrogen (secondary N) is 2. The highest BCUT2D eigenvalue weighted by atomic mass is 35.5. The topological polar surface area (TPSA) is 124 Å². The molecule has 1 aliphatic carbocycles. The molecule has 6 rings (SSSR count). The van der Waals surface area contributed by atoms with E-state index in [1.807, 2.05) is 6.92 Å². The molecule has 0 spiro atoms. The molecule has 42 heavy (non-hydrogen) atoms. The number of pyridine rings is 1. The highest BCUT2D eigenvalue weighted by Crippen LogP contribution is 2.40. The summed E-state index contributed by atoms with van der Waals surface area (Å²) >= 11 is 6.01. The molecule has 0 bridgehead atoms. The lowest BCUT2D eigenvalue weighted by Crippen LogP contribution is -2.50. The first-order chi connectivity index (χ1) is 20.2. The molecular weight excluding hydrogens is 586 g/mol. The number of fused-ring (bicyclic) bond motifs is 1. The number of nitrogens with two attached hydrogens (primary N) is 1. The summed E-state index contributed by atoms with van der Waals surface area (Å²) in [5, 5.41) is 8.58. The van der Waals surface area contributed by atoms with E-state index in [0.717, 1.165) is 55.7 Å². The average molecular weight is 615 g/mol. The smallest absolute Gasteiger partial charge is 0.263 e. The molecule has 1 fully saturated rings. The van der Waals surface area contributed by atoms with Crippen LogP contribution in [-0.4, -0.2) is 48.5 Å². The Morgan fingerprint density at radius 1 is 1.14 bits per heavy atom. The molecule has 2 aromatic heterocycles. The molecule has 1 saturated heterocycles. The second-order valence-electron chi connectivity index (χ2n) is 10.4. The SMILES string of the molecule is CCn1nc(-c2cc(F)c(NS(=O)(=O)c3ccccc3Cl)cc2F)c2c(N)ncc(C3=CC[C@H](NC4COC4)CC3)c21. The molecule has 4 N–H and O–H groups in total. The van der Waals surface area contributed by atoms with Crippen molar-refractivity contribution in [2.75, 3.05) is 23.7 Å². The number of hydrogen-bond acceptors (Lipinski definition) is 7. The molecule has 1 aliphatic heterocycles. The van der Waals surface area contributed by atoms with Crippen molar-refractivity contribution in [2.45, 2.75) is 49.7 Å². The van der Waals surface area contributed by atoms with Gasteiger partial charge in [-0.1, -0.05) is 29.8 Å². The minimum atomic E-state index is -4.28. The summed E-state index contributed by atoms with van der Waals surface area (Å²) in [4.78, 5) is 4.14. The Morgan fingerprint density at radius 3 is 2.60 bits per heavy atom. The molecule has 2 aromatic carbocycles. The van der Waals surface area contributed by atoms with Gasteiger partial charge in [0.15, 0.2) is 0 Å². The van der Waals surface area contributed by atoms with E-state index >= 15 is 8.78 Å². The molecule has 13 heteroatoms. The molecule has 0 amide bonds. The van der Waals surface area contributed by atoms with Crippen molar-refractivity contribution in [3.05, 3.63) is 70.9 Å². The summed E-state index contributed by atoms with van der Waals surface area (Å²) in [5.41, 5.74) is 8.33. The van der Waals surface area contributed by atoms with E-state index in [9.17, 15) is 8.42 Å². The Hall–Kier alpha value is -3.58. The number of benzene rings is 2. The van der Waals surface area contributed by atoms with Crippen LogP contribution in [0, 0.1) is 11.6 Å². The van der Waals surface area contributed by atoms with Gasteiger partial charge in [0.1, 0.15) is 28.0 Å². The number of hydrogen-bond donors (Lipinski definition) is 3. The van der Waals surface area contributed by atoms with E-state index in [0.29, 0.717) is 29.5 Å². The lowest BCUT2D eigenvalue weighted by atomic mass is 9.89. The number of nitrogen functional groups attached to an aromatic ring is 1. The van der Waals surface area contributed by atoms with Crippen LogP contribution in [0.2, 0.25) is 5.02 Å². The molecule has 1 atom stereocenters. The minimum Gasteiger partial charge on any atom is -0.383 e. The third-order valence-corrected chi connectivity index (χ3v) is 9.51. The van der Waals surface area contributed by atoms with Gasteiger partial charge in [-0.05, 0) is 50.0 Å². The van der Waals surface area contributed by atoms with Crippen LogP contribution in [0.1, 0.15) is 31.7 Å². The number of rotatable bonds is 8. The van der Waals surface area contributed by atoms with Gasteiger partial charge in [-0.3, -0.25) is 9.40 Å². The van der Waals surface area contributed by atoms with Gasteiger partial charge in [0.05, 0.1) is 40.9 Å². The Bertz CT molecular complexity index is 1820. The van der Waals surface area contributed by atoms with Crippen molar-refractivity contribution in [1.82, 2.24) is 20.1 Å². The van der Waals surface area contributed by atoms with E-state index in [1.165, 1.54) is 18.2 Å². The summed E-state index contributed by atoms with van der Waals surface area (Å²) in [6, 6.07) is 8.15.